The maximum absolute atomic E-state index is 13.9. The van der Waals surface area contributed by atoms with Gasteiger partial charge in [-0.15, -0.1) is 0 Å². The Bertz CT molecular complexity index is 541. The molecule has 2 atom stereocenters. The Balaban J connectivity index is 1.65. The van der Waals surface area contributed by atoms with Crippen LogP contribution in [0.2, 0.25) is 5.02 Å². The maximum atomic E-state index is 13.9. The zero-order chi connectivity index (χ0) is 15.7. The summed E-state index contributed by atoms with van der Waals surface area (Å²) in [6.45, 7) is 2.48. The molecule has 2 aliphatic rings. The molecule has 2 fully saturated rings. The molecule has 1 amide bonds. The van der Waals surface area contributed by atoms with Crippen molar-refractivity contribution in [2.75, 3.05) is 26.2 Å². The highest BCUT2D eigenvalue weighted by Gasteiger charge is 2.34. The molecular weight excluding hydrogens is 307 g/mol. The van der Waals surface area contributed by atoms with Gasteiger partial charge >= 0.3 is 0 Å². The van der Waals surface area contributed by atoms with E-state index in [0.717, 1.165) is 19.3 Å². The van der Waals surface area contributed by atoms with Gasteiger partial charge in [-0.1, -0.05) is 17.7 Å². The van der Waals surface area contributed by atoms with Crippen LogP contribution in [0.25, 0.3) is 0 Å². The third kappa shape index (κ3) is 2.98. The maximum Gasteiger partial charge on any atom is 0.258 e. The van der Waals surface area contributed by atoms with Gasteiger partial charge in [0.05, 0.1) is 16.7 Å². The molecule has 0 bridgehead atoms. The number of benzene rings is 1. The molecule has 0 aromatic heterocycles. The second kappa shape index (κ2) is 6.52. The molecule has 1 heterocycles. The second-order valence-corrected chi connectivity index (χ2v) is 6.40. The van der Waals surface area contributed by atoms with E-state index in [2.05, 4.69) is 4.90 Å². The SMILES string of the molecule is O=C(c1c(F)cccc1Cl)N1CCN([C@@H]2CCC[C@H]2O)CC1. The van der Waals surface area contributed by atoms with Crippen LogP contribution >= 0.6 is 11.6 Å². The smallest absolute Gasteiger partial charge is 0.258 e. The van der Waals surface area contributed by atoms with Gasteiger partial charge in [0, 0.05) is 32.2 Å². The van der Waals surface area contributed by atoms with E-state index in [1.54, 1.807) is 4.90 Å². The third-order valence-electron chi connectivity index (χ3n) is 4.69. The summed E-state index contributed by atoms with van der Waals surface area (Å²) in [4.78, 5) is 16.3. The van der Waals surface area contributed by atoms with E-state index in [1.807, 2.05) is 0 Å². The van der Waals surface area contributed by atoms with Crippen LogP contribution in [0.3, 0.4) is 0 Å². The molecule has 4 nitrogen and oxygen atoms in total. The number of carbonyl (C=O) groups excluding carboxylic acids is 1. The fourth-order valence-corrected chi connectivity index (χ4v) is 3.71. The Morgan fingerprint density at radius 1 is 1.23 bits per heavy atom. The molecule has 0 radical (unpaired) electrons. The Hall–Kier alpha value is -1.17. The van der Waals surface area contributed by atoms with Crippen LogP contribution in [-0.2, 0) is 0 Å². The number of halogens is 2. The fraction of sp³-hybridized carbons (Fsp3) is 0.562. The molecule has 1 aliphatic carbocycles. The molecule has 0 spiro atoms. The summed E-state index contributed by atoms with van der Waals surface area (Å²) in [6.07, 6.45) is 2.65. The van der Waals surface area contributed by atoms with Gasteiger partial charge in [-0.3, -0.25) is 9.69 Å². The van der Waals surface area contributed by atoms with Crippen molar-refractivity contribution in [3.8, 4) is 0 Å². The average molecular weight is 327 g/mol. The highest BCUT2D eigenvalue weighted by molar-refractivity contribution is 6.33. The summed E-state index contributed by atoms with van der Waals surface area (Å²) in [5.41, 5.74) is -0.0430. The van der Waals surface area contributed by atoms with E-state index < -0.39 is 5.82 Å². The van der Waals surface area contributed by atoms with E-state index in [0.29, 0.717) is 26.2 Å². The monoisotopic (exact) mass is 326 g/mol. The first-order chi connectivity index (χ1) is 10.6. The lowest BCUT2D eigenvalue weighted by Crippen LogP contribution is -2.53. The first kappa shape index (κ1) is 15.7. The van der Waals surface area contributed by atoms with Crippen LogP contribution in [0.1, 0.15) is 29.6 Å². The normalized spacial score (nSPS) is 26.4. The number of rotatable bonds is 2. The summed E-state index contributed by atoms with van der Waals surface area (Å²) in [5.74, 6) is -0.930. The van der Waals surface area contributed by atoms with Crippen LogP contribution in [0.5, 0.6) is 0 Å². The summed E-state index contributed by atoms with van der Waals surface area (Å²) in [6, 6.07) is 4.48. The van der Waals surface area contributed by atoms with Gasteiger partial charge in [-0.05, 0) is 31.4 Å². The lowest BCUT2D eigenvalue weighted by atomic mass is 10.1. The van der Waals surface area contributed by atoms with Crippen molar-refractivity contribution >= 4 is 17.5 Å². The van der Waals surface area contributed by atoms with Crippen LogP contribution < -0.4 is 0 Å². The van der Waals surface area contributed by atoms with Gasteiger partial charge in [-0.25, -0.2) is 4.39 Å². The van der Waals surface area contributed by atoms with E-state index in [4.69, 9.17) is 11.6 Å². The topological polar surface area (TPSA) is 43.8 Å². The largest absolute Gasteiger partial charge is 0.391 e. The molecule has 0 unspecified atom stereocenters. The Labute approximate surface area is 134 Å². The molecule has 3 rings (SSSR count). The van der Waals surface area contributed by atoms with E-state index >= 15 is 0 Å². The minimum atomic E-state index is -0.578. The van der Waals surface area contributed by atoms with Crippen LogP contribution in [0.15, 0.2) is 18.2 Å². The molecule has 120 valence electrons. The van der Waals surface area contributed by atoms with Gasteiger partial charge in [0.1, 0.15) is 5.82 Å². The molecule has 1 aromatic carbocycles. The van der Waals surface area contributed by atoms with Crippen molar-refractivity contribution in [2.24, 2.45) is 0 Å². The summed E-state index contributed by atoms with van der Waals surface area (Å²) < 4.78 is 13.9. The number of hydrogen-bond donors (Lipinski definition) is 1. The average Bonchev–Trinajstić information content (AvgIpc) is 2.93. The predicted octanol–water partition coefficient (Wildman–Crippen LogP) is 2.15. The third-order valence-corrected chi connectivity index (χ3v) is 5.01. The Morgan fingerprint density at radius 2 is 1.95 bits per heavy atom. The second-order valence-electron chi connectivity index (χ2n) is 5.99. The Morgan fingerprint density at radius 3 is 2.55 bits per heavy atom. The molecule has 1 saturated heterocycles. The zero-order valence-corrected chi connectivity index (χ0v) is 13.1. The first-order valence-corrected chi connectivity index (χ1v) is 8.11. The van der Waals surface area contributed by atoms with Gasteiger partial charge in [-0.2, -0.15) is 0 Å². The number of amides is 1. The number of carbonyl (C=O) groups is 1. The van der Waals surface area contributed by atoms with Crippen molar-refractivity contribution in [1.82, 2.24) is 9.80 Å². The van der Waals surface area contributed by atoms with E-state index in [9.17, 15) is 14.3 Å². The van der Waals surface area contributed by atoms with E-state index in [-0.39, 0.29) is 28.6 Å². The number of aliphatic hydroxyl groups is 1. The van der Waals surface area contributed by atoms with Crippen molar-refractivity contribution in [2.45, 2.75) is 31.4 Å². The minimum Gasteiger partial charge on any atom is -0.391 e. The molecule has 1 aromatic rings. The highest BCUT2D eigenvalue weighted by Crippen LogP contribution is 2.26. The van der Waals surface area contributed by atoms with Crippen molar-refractivity contribution in [3.63, 3.8) is 0 Å². The molecule has 1 N–H and O–H groups in total. The van der Waals surface area contributed by atoms with Gasteiger partial charge < -0.3 is 10.0 Å². The molecule has 22 heavy (non-hydrogen) atoms. The number of hydrogen-bond acceptors (Lipinski definition) is 3. The zero-order valence-electron chi connectivity index (χ0n) is 12.3. The molecule has 1 saturated carbocycles. The Kier molecular flexibility index (Phi) is 4.66. The number of aliphatic hydroxyl groups excluding tert-OH is 1. The first-order valence-electron chi connectivity index (χ1n) is 7.73. The van der Waals surface area contributed by atoms with Gasteiger partial charge in [0.2, 0.25) is 0 Å². The van der Waals surface area contributed by atoms with Crippen molar-refractivity contribution in [1.29, 1.82) is 0 Å². The summed E-state index contributed by atoms with van der Waals surface area (Å²) in [5, 5.41) is 10.1. The molecule has 1 aliphatic heterocycles. The standard InChI is InChI=1S/C16H20ClFN2O2/c17-11-3-1-4-12(18)15(11)16(22)20-9-7-19(8-10-20)13-5-2-6-14(13)21/h1,3-4,13-14,21H,2,5-10H2/t13-,14-/m1/s1. The number of nitrogens with zero attached hydrogens (tertiary/aromatic N) is 2. The van der Waals surface area contributed by atoms with Crippen LogP contribution in [-0.4, -0.2) is 59.1 Å². The fourth-order valence-electron chi connectivity index (χ4n) is 3.46. The van der Waals surface area contributed by atoms with Crippen LogP contribution in [0, 0.1) is 5.82 Å². The summed E-state index contributed by atoms with van der Waals surface area (Å²) >= 11 is 5.96. The number of piperazine rings is 1. The lowest BCUT2D eigenvalue weighted by molar-refractivity contribution is 0.0314. The van der Waals surface area contributed by atoms with Gasteiger partial charge in [0.25, 0.3) is 5.91 Å². The quantitative estimate of drug-likeness (QED) is 0.905. The minimum absolute atomic E-state index is 0.0430. The highest BCUT2D eigenvalue weighted by atomic mass is 35.5. The predicted molar refractivity (Wildman–Crippen MR) is 82.5 cm³/mol. The molecule has 6 heteroatoms. The lowest BCUT2D eigenvalue weighted by Gasteiger charge is -2.39. The molecular formula is C16H20ClFN2O2. The summed E-state index contributed by atoms with van der Waals surface area (Å²) in [7, 11) is 0. The van der Waals surface area contributed by atoms with Crippen molar-refractivity contribution in [3.05, 3.63) is 34.6 Å². The van der Waals surface area contributed by atoms with E-state index in [1.165, 1.54) is 18.2 Å². The van der Waals surface area contributed by atoms with Crippen molar-refractivity contribution < 1.29 is 14.3 Å². The van der Waals surface area contributed by atoms with Crippen LogP contribution in [0.4, 0.5) is 4.39 Å². The van der Waals surface area contributed by atoms with Gasteiger partial charge in [0.15, 0.2) is 0 Å².